The molecule has 8 heteroatoms. The van der Waals surface area contributed by atoms with Gasteiger partial charge in [-0.05, 0) is 34.9 Å². The third kappa shape index (κ3) is 7.20. The molecule has 1 amide bonds. The van der Waals surface area contributed by atoms with Crippen LogP contribution >= 0.6 is 0 Å². The monoisotopic (exact) mass is 444 g/mol. The van der Waals surface area contributed by atoms with Crippen molar-refractivity contribution in [2.45, 2.75) is 12.6 Å². The van der Waals surface area contributed by atoms with E-state index in [9.17, 15) is 15.0 Å². The number of hydrogen-bond donors (Lipinski definition) is 3. The molecule has 0 radical (unpaired) electrons. The molecule has 32 heavy (non-hydrogen) atoms. The molecular weight excluding hydrogens is 412 g/mol. The van der Waals surface area contributed by atoms with E-state index >= 15 is 0 Å². The maximum absolute atomic E-state index is 12.3. The number of alkyl carbamates (subject to hydrolysis) is 1. The van der Waals surface area contributed by atoms with E-state index in [1.807, 2.05) is 42.5 Å². The summed E-state index contributed by atoms with van der Waals surface area (Å²) in [7, 11) is 1.59. The number of aliphatic hydroxyl groups excluding tert-OH is 2. The van der Waals surface area contributed by atoms with Gasteiger partial charge in [0.1, 0.15) is 12.4 Å². The highest BCUT2D eigenvalue weighted by Crippen LogP contribution is 2.21. The lowest BCUT2D eigenvalue weighted by Crippen LogP contribution is -2.42. The Morgan fingerprint density at radius 3 is 2.78 bits per heavy atom. The van der Waals surface area contributed by atoms with Gasteiger partial charge in [0, 0.05) is 25.6 Å². The molecule has 0 bridgehead atoms. The summed E-state index contributed by atoms with van der Waals surface area (Å²) >= 11 is 0. The smallest absolute Gasteiger partial charge is 0.407 e. The van der Waals surface area contributed by atoms with Crippen LogP contribution in [0.25, 0.3) is 6.08 Å². The van der Waals surface area contributed by atoms with Crippen molar-refractivity contribution in [2.75, 3.05) is 53.2 Å². The Bertz CT molecular complexity index is 823. The number of hydrogen-bond acceptors (Lipinski definition) is 7. The predicted molar refractivity (Wildman–Crippen MR) is 121 cm³/mol. The Morgan fingerprint density at radius 2 is 2.06 bits per heavy atom. The maximum Gasteiger partial charge on any atom is 0.407 e. The summed E-state index contributed by atoms with van der Waals surface area (Å²) in [6.45, 7) is 3.92. The van der Waals surface area contributed by atoms with Crippen LogP contribution in [0.15, 0.2) is 48.1 Å². The number of nitrogens with one attached hydrogen (secondary N) is 1. The molecule has 8 nitrogen and oxygen atoms in total. The van der Waals surface area contributed by atoms with Crippen molar-refractivity contribution in [3.63, 3.8) is 0 Å². The van der Waals surface area contributed by atoms with Crippen LogP contribution in [-0.2, 0) is 16.1 Å². The SMILES string of the molecule is COc1cc(/C=C\C2=CC(NC(=O)OCCN3CCOCC3)C(CO)C=C2)cc(CO)c1. The topological polar surface area (TPSA) is 100 Å². The van der Waals surface area contributed by atoms with Crippen molar-refractivity contribution in [1.82, 2.24) is 10.2 Å². The van der Waals surface area contributed by atoms with Gasteiger partial charge < -0.3 is 29.7 Å². The van der Waals surface area contributed by atoms with Crippen LogP contribution in [0, 0.1) is 5.92 Å². The summed E-state index contributed by atoms with van der Waals surface area (Å²) in [4.78, 5) is 14.5. The van der Waals surface area contributed by atoms with Crippen LogP contribution in [0.3, 0.4) is 0 Å². The minimum absolute atomic E-state index is 0.0710. The standard InChI is InChI=1S/C24H32N2O6/c1-30-22-13-19(12-20(14-22)16-27)3-2-18-4-5-21(17-28)23(15-18)25-24(29)32-11-8-26-6-9-31-10-7-26/h2-5,12-15,21,23,27-28H,6-11,16-17H2,1H3,(H,25,29)/b3-2-. The third-order valence-electron chi connectivity index (χ3n) is 5.48. The molecule has 1 aromatic rings. The van der Waals surface area contributed by atoms with Crippen LogP contribution in [0.1, 0.15) is 11.1 Å². The Kier molecular flexibility index (Phi) is 9.30. The molecule has 2 atom stereocenters. The van der Waals surface area contributed by atoms with E-state index in [2.05, 4.69) is 10.2 Å². The van der Waals surface area contributed by atoms with Gasteiger partial charge in [0.2, 0.25) is 0 Å². The zero-order valence-corrected chi connectivity index (χ0v) is 18.4. The van der Waals surface area contributed by atoms with Gasteiger partial charge in [-0.2, -0.15) is 0 Å². The number of carbonyl (C=O) groups is 1. The van der Waals surface area contributed by atoms with Crippen LogP contribution in [0.5, 0.6) is 5.75 Å². The summed E-state index contributed by atoms with van der Waals surface area (Å²) in [5, 5.41) is 22.0. The zero-order chi connectivity index (χ0) is 22.8. The number of methoxy groups -OCH3 is 1. The fourth-order valence-electron chi connectivity index (χ4n) is 3.63. The molecule has 0 spiro atoms. The largest absolute Gasteiger partial charge is 0.497 e. The highest BCUT2D eigenvalue weighted by molar-refractivity contribution is 5.68. The number of benzene rings is 1. The second kappa shape index (κ2) is 12.4. The van der Waals surface area contributed by atoms with Crippen LogP contribution in [-0.4, -0.2) is 80.4 Å². The number of allylic oxidation sites excluding steroid dienone is 3. The first kappa shape index (κ1) is 24.0. The molecule has 1 fully saturated rings. The number of amides is 1. The Morgan fingerprint density at radius 1 is 1.25 bits per heavy atom. The molecule has 1 aromatic carbocycles. The van der Waals surface area contributed by atoms with Gasteiger partial charge in [-0.25, -0.2) is 4.79 Å². The van der Waals surface area contributed by atoms with Gasteiger partial charge in [-0.1, -0.05) is 30.4 Å². The van der Waals surface area contributed by atoms with Gasteiger partial charge in [0.15, 0.2) is 0 Å². The molecule has 0 aromatic heterocycles. The first-order valence-corrected chi connectivity index (χ1v) is 10.8. The van der Waals surface area contributed by atoms with E-state index in [4.69, 9.17) is 14.2 Å². The lowest BCUT2D eigenvalue weighted by atomic mass is 9.92. The Hall–Kier alpha value is -2.65. The van der Waals surface area contributed by atoms with Crippen molar-refractivity contribution in [3.8, 4) is 5.75 Å². The summed E-state index contributed by atoms with van der Waals surface area (Å²) in [5.41, 5.74) is 2.54. The quantitative estimate of drug-likeness (QED) is 0.533. The normalized spacial score (nSPS) is 21.4. The number of ether oxygens (including phenoxy) is 3. The van der Waals surface area contributed by atoms with Gasteiger partial charge in [-0.3, -0.25) is 4.90 Å². The minimum Gasteiger partial charge on any atom is -0.497 e. The summed E-state index contributed by atoms with van der Waals surface area (Å²) < 4.78 is 15.9. The molecule has 1 aliphatic heterocycles. The van der Waals surface area contributed by atoms with Gasteiger partial charge >= 0.3 is 6.09 Å². The second-order valence-electron chi connectivity index (χ2n) is 7.74. The van der Waals surface area contributed by atoms with E-state index in [1.165, 1.54) is 0 Å². The number of carbonyl (C=O) groups excluding carboxylic acids is 1. The van der Waals surface area contributed by atoms with Crippen molar-refractivity contribution >= 4 is 12.2 Å². The van der Waals surface area contributed by atoms with Crippen LogP contribution < -0.4 is 10.1 Å². The average molecular weight is 445 g/mol. The summed E-state index contributed by atoms with van der Waals surface area (Å²) in [6, 6.07) is 5.16. The summed E-state index contributed by atoms with van der Waals surface area (Å²) in [6.07, 6.45) is 9.01. The van der Waals surface area contributed by atoms with Gasteiger partial charge in [0.25, 0.3) is 0 Å². The van der Waals surface area contributed by atoms with Crippen LogP contribution in [0.4, 0.5) is 4.79 Å². The molecule has 1 aliphatic carbocycles. The third-order valence-corrected chi connectivity index (χ3v) is 5.48. The van der Waals surface area contributed by atoms with Crippen molar-refractivity contribution < 1.29 is 29.2 Å². The lowest BCUT2D eigenvalue weighted by Gasteiger charge is -2.27. The second-order valence-corrected chi connectivity index (χ2v) is 7.74. The molecule has 3 rings (SSSR count). The molecule has 1 saturated heterocycles. The number of morpholine rings is 1. The highest BCUT2D eigenvalue weighted by atomic mass is 16.5. The first-order chi connectivity index (χ1) is 15.6. The molecule has 0 saturated carbocycles. The predicted octanol–water partition coefficient (Wildman–Crippen LogP) is 1.73. The molecule has 174 valence electrons. The average Bonchev–Trinajstić information content (AvgIpc) is 2.83. The van der Waals surface area contributed by atoms with Crippen LogP contribution in [0.2, 0.25) is 0 Å². The molecular formula is C24H32N2O6. The Labute approximate surface area is 188 Å². The highest BCUT2D eigenvalue weighted by Gasteiger charge is 2.22. The number of nitrogens with zero attached hydrogens (tertiary/aromatic N) is 1. The van der Waals surface area contributed by atoms with Crippen molar-refractivity contribution in [2.24, 2.45) is 5.92 Å². The van der Waals surface area contributed by atoms with Gasteiger partial charge in [-0.15, -0.1) is 0 Å². The zero-order valence-electron chi connectivity index (χ0n) is 18.4. The first-order valence-electron chi connectivity index (χ1n) is 10.8. The molecule has 3 N–H and O–H groups in total. The van der Waals surface area contributed by atoms with E-state index in [0.29, 0.717) is 32.1 Å². The van der Waals surface area contributed by atoms with E-state index < -0.39 is 6.09 Å². The fraction of sp³-hybridized carbons (Fsp3) is 0.458. The minimum atomic E-state index is -0.503. The summed E-state index contributed by atoms with van der Waals surface area (Å²) in [5.74, 6) is 0.445. The number of rotatable bonds is 9. The lowest BCUT2D eigenvalue weighted by molar-refractivity contribution is 0.0279. The van der Waals surface area contributed by atoms with Crippen molar-refractivity contribution in [3.05, 3.63) is 59.2 Å². The van der Waals surface area contributed by atoms with E-state index in [-0.39, 0.29) is 25.2 Å². The van der Waals surface area contributed by atoms with E-state index in [0.717, 1.165) is 29.8 Å². The molecule has 1 heterocycles. The molecule has 2 unspecified atom stereocenters. The number of aliphatic hydroxyl groups is 2. The van der Waals surface area contributed by atoms with E-state index in [1.54, 1.807) is 13.2 Å². The van der Waals surface area contributed by atoms with Gasteiger partial charge in [0.05, 0.1) is 39.6 Å². The maximum atomic E-state index is 12.3. The Balaban J connectivity index is 1.58. The fourth-order valence-corrected chi connectivity index (χ4v) is 3.63. The molecule has 2 aliphatic rings. The van der Waals surface area contributed by atoms with Crippen molar-refractivity contribution in [1.29, 1.82) is 0 Å².